The van der Waals surface area contributed by atoms with Gasteiger partial charge in [-0.3, -0.25) is 14.6 Å². The van der Waals surface area contributed by atoms with E-state index in [1.54, 1.807) is 37.6 Å². The molecule has 0 aliphatic carbocycles. The molecule has 3 N–H and O–H groups in total. The van der Waals surface area contributed by atoms with Crippen LogP contribution < -0.4 is 35.0 Å². The van der Waals surface area contributed by atoms with E-state index in [1.165, 1.54) is 12.1 Å². The predicted molar refractivity (Wildman–Crippen MR) is 163 cm³/mol. The molecule has 0 saturated carbocycles. The number of halogens is 1. The lowest BCUT2D eigenvalue weighted by Gasteiger charge is -2.23. The van der Waals surface area contributed by atoms with E-state index in [4.69, 9.17) is 24.0 Å². The molecule has 2 amide bonds. The van der Waals surface area contributed by atoms with E-state index >= 15 is 4.39 Å². The molecule has 3 aromatic carbocycles. The molecule has 45 heavy (non-hydrogen) atoms. The number of ether oxygens (including phenoxy) is 3. The Morgan fingerprint density at radius 2 is 1.87 bits per heavy atom. The van der Waals surface area contributed by atoms with E-state index in [-0.39, 0.29) is 18.0 Å². The van der Waals surface area contributed by atoms with E-state index in [1.807, 2.05) is 12.1 Å². The Bertz CT molecular complexity index is 1710. The molecular formula is C33H33FN4O7. The minimum Gasteiger partial charge on any atom is -0.493 e. The van der Waals surface area contributed by atoms with Crippen molar-refractivity contribution >= 4 is 28.4 Å². The number of hydrogen-bond acceptors (Lipinski definition) is 9. The number of anilines is 1. The summed E-state index contributed by atoms with van der Waals surface area (Å²) in [5.41, 5.74) is 2.59. The van der Waals surface area contributed by atoms with Crippen LogP contribution in [0.1, 0.15) is 24.0 Å². The maximum Gasteiger partial charge on any atom is 0.313 e. The average Bonchev–Trinajstić information content (AvgIpc) is 3.53. The van der Waals surface area contributed by atoms with Gasteiger partial charge in [0, 0.05) is 41.5 Å². The van der Waals surface area contributed by atoms with Gasteiger partial charge in [-0.1, -0.05) is 6.07 Å². The summed E-state index contributed by atoms with van der Waals surface area (Å²) in [5, 5.41) is 8.95. The zero-order valence-corrected chi connectivity index (χ0v) is 24.7. The number of nitrogens with one attached hydrogen (secondary N) is 3. The maximum absolute atomic E-state index is 15.1. The van der Waals surface area contributed by atoms with Crippen molar-refractivity contribution in [3.8, 4) is 28.7 Å². The number of piperidine rings is 1. The molecule has 1 fully saturated rings. The zero-order chi connectivity index (χ0) is 31.2. The van der Waals surface area contributed by atoms with Crippen molar-refractivity contribution in [2.45, 2.75) is 25.9 Å². The average molecular weight is 617 g/mol. The van der Waals surface area contributed by atoms with Crippen molar-refractivity contribution in [3.05, 3.63) is 77.7 Å². The Balaban J connectivity index is 1.06. The molecule has 0 spiro atoms. The zero-order valence-electron chi connectivity index (χ0n) is 24.7. The van der Waals surface area contributed by atoms with Gasteiger partial charge in [-0.25, -0.2) is 4.39 Å². The standard InChI is InChI=1S/C33H33FN4O7/c1-41-30-16-24-26(17-31(30)42-18-21-6-10-35-11-7-21)36-13-9-28(24)44-29-5-3-23(15-25(29)34)38-33(40)32(39)37-12-8-20-2-4-27-22(14-20)19-43-45-27/h2-5,9,13-17,21,35H,6-8,10-12,18-19H2,1H3,(H,37,39)(H,38,40). The van der Waals surface area contributed by atoms with Crippen molar-refractivity contribution in [3.63, 3.8) is 0 Å². The second-order valence-electron chi connectivity index (χ2n) is 10.8. The summed E-state index contributed by atoms with van der Waals surface area (Å²) in [6.45, 7) is 3.15. The molecule has 4 aromatic rings. The van der Waals surface area contributed by atoms with Crippen LogP contribution in [0.15, 0.2) is 60.8 Å². The fourth-order valence-electron chi connectivity index (χ4n) is 5.25. The summed E-state index contributed by atoms with van der Waals surface area (Å²) in [4.78, 5) is 39.1. The van der Waals surface area contributed by atoms with Crippen molar-refractivity contribution in [2.24, 2.45) is 5.92 Å². The summed E-state index contributed by atoms with van der Waals surface area (Å²) in [7, 11) is 1.56. The first-order valence-electron chi connectivity index (χ1n) is 14.7. The molecule has 1 aromatic heterocycles. The van der Waals surface area contributed by atoms with E-state index < -0.39 is 17.6 Å². The SMILES string of the molecule is COc1cc2c(Oc3ccc(NC(=O)C(=O)NCCc4ccc5c(c4)COO5)cc3F)ccnc2cc1OCC1CCNCC1. The molecular weight excluding hydrogens is 583 g/mol. The van der Waals surface area contributed by atoms with E-state index in [0.29, 0.717) is 59.5 Å². The highest BCUT2D eigenvalue weighted by Crippen LogP contribution is 2.38. The summed E-state index contributed by atoms with van der Waals surface area (Å²) >= 11 is 0. The van der Waals surface area contributed by atoms with Gasteiger partial charge in [0.1, 0.15) is 12.4 Å². The van der Waals surface area contributed by atoms with E-state index in [2.05, 4.69) is 20.9 Å². The van der Waals surface area contributed by atoms with Crippen LogP contribution in [-0.2, 0) is 27.5 Å². The Morgan fingerprint density at radius 3 is 2.69 bits per heavy atom. The van der Waals surface area contributed by atoms with Gasteiger partial charge in [0.05, 0.1) is 19.2 Å². The van der Waals surface area contributed by atoms with Crippen LogP contribution in [0.5, 0.6) is 28.7 Å². The highest BCUT2D eigenvalue weighted by molar-refractivity contribution is 6.39. The quantitative estimate of drug-likeness (QED) is 0.172. The summed E-state index contributed by atoms with van der Waals surface area (Å²) < 4.78 is 32.7. The Labute approximate surface area is 258 Å². The molecule has 3 heterocycles. The number of carbonyl (C=O) groups excluding carboxylic acids is 2. The largest absolute Gasteiger partial charge is 0.493 e. The monoisotopic (exact) mass is 616 g/mol. The van der Waals surface area contributed by atoms with Gasteiger partial charge in [0.15, 0.2) is 28.8 Å². The highest BCUT2D eigenvalue weighted by atomic mass is 19.1. The van der Waals surface area contributed by atoms with Crippen LogP contribution in [0, 0.1) is 11.7 Å². The van der Waals surface area contributed by atoms with Crippen LogP contribution in [0.4, 0.5) is 10.1 Å². The first kappa shape index (κ1) is 30.1. The normalized spacial score (nSPS) is 14.4. The van der Waals surface area contributed by atoms with Crippen molar-refractivity contribution in [2.75, 3.05) is 38.7 Å². The Hall–Kier alpha value is -4.94. The van der Waals surface area contributed by atoms with Crippen LogP contribution in [-0.4, -0.2) is 50.1 Å². The number of methoxy groups -OCH3 is 1. The number of hydrogen-bond donors (Lipinski definition) is 3. The number of nitrogens with zero attached hydrogens (tertiary/aromatic N) is 1. The van der Waals surface area contributed by atoms with Crippen LogP contribution in [0.2, 0.25) is 0 Å². The molecule has 1 saturated heterocycles. The molecule has 2 aliphatic heterocycles. The van der Waals surface area contributed by atoms with Gasteiger partial charge < -0.3 is 35.0 Å². The third-order valence-electron chi connectivity index (χ3n) is 7.72. The first-order chi connectivity index (χ1) is 22.0. The second-order valence-corrected chi connectivity index (χ2v) is 10.8. The van der Waals surface area contributed by atoms with Gasteiger partial charge in [-0.05, 0) is 80.2 Å². The molecule has 6 rings (SSSR count). The van der Waals surface area contributed by atoms with Gasteiger partial charge in [0.2, 0.25) is 0 Å². The lowest BCUT2D eigenvalue weighted by Crippen LogP contribution is -2.36. The van der Waals surface area contributed by atoms with Gasteiger partial charge in [-0.2, -0.15) is 4.89 Å². The molecule has 0 bridgehead atoms. The molecule has 12 heteroatoms. The molecule has 0 unspecified atom stereocenters. The van der Waals surface area contributed by atoms with Crippen LogP contribution >= 0.6 is 0 Å². The number of pyridine rings is 1. The third-order valence-corrected chi connectivity index (χ3v) is 7.72. The Kier molecular flexibility index (Phi) is 9.22. The van der Waals surface area contributed by atoms with Crippen molar-refractivity contribution in [1.82, 2.24) is 15.6 Å². The van der Waals surface area contributed by atoms with Gasteiger partial charge in [-0.15, -0.1) is 0 Å². The number of benzene rings is 3. The fourth-order valence-corrected chi connectivity index (χ4v) is 5.25. The fraction of sp³-hybridized carbons (Fsp3) is 0.303. The molecule has 0 atom stereocenters. The lowest BCUT2D eigenvalue weighted by atomic mass is 9.99. The molecule has 11 nitrogen and oxygen atoms in total. The van der Waals surface area contributed by atoms with E-state index in [9.17, 15) is 9.59 Å². The Morgan fingerprint density at radius 1 is 1.00 bits per heavy atom. The molecule has 2 aliphatic rings. The van der Waals surface area contributed by atoms with E-state index in [0.717, 1.165) is 43.1 Å². The summed E-state index contributed by atoms with van der Waals surface area (Å²) in [6.07, 6.45) is 4.18. The number of aromatic nitrogens is 1. The summed E-state index contributed by atoms with van der Waals surface area (Å²) in [5.74, 6) is 0.0525. The number of amides is 2. The topological polar surface area (TPSA) is 129 Å². The number of fused-ring (bicyclic) bond motifs is 2. The van der Waals surface area contributed by atoms with Crippen molar-refractivity contribution < 1.29 is 38.0 Å². The third kappa shape index (κ3) is 7.24. The van der Waals surface area contributed by atoms with Crippen LogP contribution in [0.3, 0.4) is 0 Å². The van der Waals surface area contributed by atoms with Gasteiger partial charge >= 0.3 is 11.8 Å². The predicted octanol–water partition coefficient (Wildman–Crippen LogP) is 4.67. The van der Waals surface area contributed by atoms with Gasteiger partial charge in [0.25, 0.3) is 0 Å². The smallest absolute Gasteiger partial charge is 0.313 e. The first-order valence-corrected chi connectivity index (χ1v) is 14.7. The maximum atomic E-state index is 15.1. The highest BCUT2D eigenvalue weighted by Gasteiger charge is 2.19. The minimum absolute atomic E-state index is 0.0692. The van der Waals surface area contributed by atoms with Crippen molar-refractivity contribution in [1.29, 1.82) is 0 Å². The summed E-state index contributed by atoms with van der Waals surface area (Å²) in [6, 6.07) is 14.7. The van der Waals surface area contributed by atoms with Crippen LogP contribution in [0.25, 0.3) is 10.9 Å². The minimum atomic E-state index is -0.913. The number of carbonyl (C=O) groups is 2. The number of rotatable bonds is 10. The molecule has 234 valence electrons. The lowest BCUT2D eigenvalue weighted by molar-refractivity contribution is -0.194. The second kappa shape index (κ2) is 13.8. The molecule has 0 radical (unpaired) electrons.